The number of pyridine rings is 1. The van der Waals surface area contributed by atoms with E-state index in [1.807, 2.05) is 6.92 Å². The van der Waals surface area contributed by atoms with Crippen LogP contribution in [0.4, 0.5) is 5.69 Å². The van der Waals surface area contributed by atoms with Crippen molar-refractivity contribution in [2.24, 2.45) is 7.05 Å². The lowest BCUT2D eigenvalue weighted by atomic mass is 10.1. The molecule has 0 aliphatic carbocycles. The summed E-state index contributed by atoms with van der Waals surface area (Å²) in [4.78, 5) is 16.9. The van der Waals surface area contributed by atoms with Crippen LogP contribution in [0.15, 0.2) is 36.5 Å². The molecule has 22 heavy (non-hydrogen) atoms. The van der Waals surface area contributed by atoms with E-state index < -0.39 is 0 Å². The SMILES string of the molecule is COc1ccc(NC(=O)c2cc(C)nc3c2cnn3C)cc1. The average molecular weight is 296 g/mol. The van der Waals surface area contributed by atoms with Gasteiger partial charge in [0.25, 0.3) is 5.91 Å². The van der Waals surface area contributed by atoms with Crippen molar-refractivity contribution >= 4 is 22.6 Å². The third kappa shape index (κ3) is 2.50. The van der Waals surface area contributed by atoms with E-state index >= 15 is 0 Å². The van der Waals surface area contributed by atoms with Crippen LogP contribution in [0.3, 0.4) is 0 Å². The minimum Gasteiger partial charge on any atom is -0.497 e. The van der Waals surface area contributed by atoms with Gasteiger partial charge in [-0.1, -0.05) is 0 Å². The minimum atomic E-state index is -0.186. The first-order valence-corrected chi connectivity index (χ1v) is 6.83. The number of methoxy groups -OCH3 is 1. The number of aryl methyl sites for hydroxylation is 2. The Bertz CT molecular complexity index is 837. The smallest absolute Gasteiger partial charge is 0.256 e. The molecule has 1 N–H and O–H groups in total. The lowest BCUT2D eigenvalue weighted by Crippen LogP contribution is -2.13. The van der Waals surface area contributed by atoms with Gasteiger partial charge in [0.2, 0.25) is 0 Å². The molecule has 0 aliphatic rings. The molecule has 6 nitrogen and oxygen atoms in total. The summed E-state index contributed by atoms with van der Waals surface area (Å²) in [5.41, 5.74) is 2.74. The largest absolute Gasteiger partial charge is 0.497 e. The number of anilines is 1. The molecule has 0 radical (unpaired) electrons. The molecule has 6 heteroatoms. The topological polar surface area (TPSA) is 69.0 Å². The summed E-state index contributed by atoms with van der Waals surface area (Å²) in [6, 6.07) is 8.96. The Morgan fingerprint density at radius 2 is 2.00 bits per heavy atom. The first-order chi connectivity index (χ1) is 10.6. The number of hydrogen-bond acceptors (Lipinski definition) is 4. The molecule has 2 aromatic heterocycles. The third-order valence-corrected chi connectivity index (χ3v) is 3.43. The average Bonchev–Trinajstić information content (AvgIpc) is 2.88. The molecule has 0 saturated carbocycles. The van der Waals surface area contributed by atoms with Crippen molar-refractivity contribution in [2.45, 2.75) is 6.92 Å². The van der Waals surface area contributed by atoms with E-state index in [1.54, 1.807) is 55.4 Å². The molecule has 1 amide bonds. The predicted molar refractivity (Wildman–Crippen MR) is 84.2 cm³/mol. The summed E-state index contributed by atoms with van der Waals surface area (Å²) in [6.07, 6.45) is 1.66. The van der Waals surface area contributed by atoms with Crippen molar-refractivity contribution in [1.82, 2.24) is 14.8 Å². The Morgan fingerprint density at radius 1 is 1.27 bits per heavy atom. The first kappa shape index (κ1) is 14.1. The molecule has 0 saturated heterocycles. The molecular weight excluding hydrogens is 280 g/mol. The maximum absolute atomic E-state index is 12.5. The Morgan fingerprint density at radius 3 is 2.68 bits per heavy atom. The Hall–Kier alpha value is -2.89. The fourth-order valence-electron chi connectivity index (χ4n) is 2.30. The summed E-state index contributed by atoms with van der Waals surface area (Å²) in [5, 5.41) is 7.78. The van der Waals surface area contributed by atoms with Gasteiger partial charge in [-0.15, -0.1) is 0 Å². The summed E-state index contributed by atoms with van der Waals surface area (Å²) < 4.78 is 6.76. The van der Waals surface area contributed by atoms with E-state index in [9.17, 15) is 4.79 Å². The second-order valence-electron chi connectivity index (χ2n) is 5.00. The molecule has 0 spiro atoms. The molecule has 112 valence electrons. The van der Waals surface area contributed by atoms with Gasteiger partial charge in [-0.05, 0) is 37.3 Å². The zero-order valence-corrected chi connectivity index (χ0v) is 12.6. The van der Waals surface area contributed by atoms with E-state index in [-0.39, 0.29) is 5.91 Å². The summed E-state index contributed by atoms with van der Waals surface area (Å²) in [6.45, 7) is 1.86. The number of carbonyl (C=O) groups excluding carboxylic acids is 1. The van der Waals surface area contributed by atoms with E-state index in [1.165, 1.54) is 0 Å². The fourth-order valence-corrected chi connectivity index (χ4v) is 2.30. The molecule has 0 bridgehead atoms. The Kier molecular flexibility index (Phi) is 3.50. The van der Waals surface area contributed by atoms with E-state index in [4.69, 9.17) is 4.74 Å². The van der Waals surface area contributed by atoms with Gasteiger partial charge in [0.15, 0.2) is 5.65 Å². The van der Waals surface area contributed by atoms with Crippen LogP contribution >= 0.6 is 0 Å². The quantitative estimate of drug-likeness (QED) is 0.806. The maximum atomic E-state index is 12.5. The van der Waals surface area contributed by atoms with Crippen LogP contribution in [0.5, 0.6) is 5.75 Å². The first-order valence-electron chi connectivity index (χ1n) is 6.83. The summed E-state index contributed by atoms with van der Waals surface area (Å²) in [7, 11) is 3.41. The van der Waals surface area contributed by atoms with Gasteiger partial charge in [0.1, 0.15) is 5.75 Å². The van der Waals surface area contributed by atoms with Gasteiger partial charge in [0.05, 0.1) is 24.3 Å². The number of rotatable bonds is 3. The molecule has 1 aromatic carbocycles. The zero-order chi connectivity index (χ0) is 15.7. The van der Waals surface area contributed by atoms with E-state index in [0.717, 1.165) is 16.8 Å². The highest BCUT2D eigenvalue weighted by atomic mass is 16.5. The van der Waals surface area contributed by atoms with E-state index in [0.29, 0.717) is 16.9 Å². The van der Waals surface area contributed by atoms with Gasteiger partial charge < -0.3 is 10.1 Å². The molecule has 0 aliphatic heterocycles. The van der Waals surface area contributed by atoms with Crippen molar-refractivity contribution < 1.29 is 9.53 Å². The number of nitrogens with one attached hydrogen (secondary N) is 1. The highest BCUT2D eigenvalue weighted by Gasteiger charge is 2.15. The van der Waals surface area contributed by atoms with Gasteiger partial charge in [-0.2, -0.15) is 5.10 Å². The van der Waals surface area contributed by atoms with Crippen LogP contribution in [0.1, 0.15) is 16.1 Å². The number of ether oxygens (including phenoxy) is 1. The lowest BCUT2D eigenvalue weighted by molar-refractivity contribution is 0.102. The summed E-state index contributed by atoms with van der Waals surface area (Å²) in [5.74, 6) is 0.557. The van der Waals surface area contributed by atoms with Gasteiger partial charge >= 0.3 is 0 Å². The number of benzene rings is 1. The molecular formula is C16H16N4O2. The highest BCUT2D eigenvalue weighted by molar-refractivity contribution is 6.12. The number of fused-ring (bicyclic) bond motifs is 1. The van der Waals surface area contributed by atoms with Gasteiger partial charge in [0, 0.05) is 18.4 Å². The second-order valence-corrected chi connectivity index (χ2v) is 5.00. The Balaban J connectivity index is 1.94. The van der Waals surface area contributed by atoms with E-state index in [2.05, 4.69) is 15.4 Å². The standard InChI is InChI=1S/C16H16N4O2/c1-10-8-13(14-9-17-20(2)15(14)18-10)16(21)19-11-4-6-12(22-3)7-5-11/h4-9H,1-3H3,(H,19,21). The molecule has 2 heterocycles. The fraction of sp³-hybridized carbons (Fsp3) is 0.188. The predicted octanol–water partition coefficient (Wildman–Crippen LogP) is 2.54. The number of carbonyl (C=O) groups is 1. The minimum absolute atomic E-state index is 0.186. The van der Waals surface area contributed by atoms with Crippen molar-refractivity contribution in [3.8, 4) is 5.75 Å². The number of amides is 1. The summed E-state index contributed by atoms with van der Waals surface area (Å²) >= 11 is 0. The number of aromatic nitrogens is 3. The van der Waals surface area contributed by atoms with Crippen LogP contribution in [-0.4, -0.2) is 27.8 Å². The van der Waals surface area contributed by atoms with Crippen LogP contribution in [0.2, 0.25) is 0 Å². The molecule has 0 atom stereocenters. The van der Waals surface area contributed by atoms with Crippen LogP contribution in [0, 0.1) is 6.92 Å². The van der Waals surface area contributed by atoms with Crippen molar-refractivity contribution in [2.75, 3.05) is 12.4 Å². The molecule has 0 unspecified atom stereocenters. The molecule has 3 aromatic rings. The lowest BCUT2D eigenvalue weighted by Gasteiger charge is -2.08. The van der Waals surface area contributed by atoms with Crippen molar-refractivity contribution in [3.05, 3.63) is 47.8 Å². The van der Waals surface area contributed by atoms with Gasteiger partial charge in [-0.3, -0.25) is 9.48 Å². The van der Waals surface area contributed by atoms with Crippen LogP contribution in [-0.2, 0) is 7.05 Å². The van der Waals surface area contributed by atoms with Crippen LogP contribution in [0.25, 0.3) is 11.0 Å². The highest BCUT2D eigenvalue weighted by Crippen LogP contribution is 2.20. The monoisotopic (exact) mass is 296 g/mol. The third-order valence-electron chi connectivity index (χ3n) is 3.43. The molecule has 0 fully saturated rings. The van der Waals surface area contributed by atoms with Gasteiger partial charge in [-0.25, -0.2) is 4.98 Å². The molecule has 3 rings (SSSR count). The maximum Gasteiger partial charge on any atom is 0.256 e. The normalized spacial score (nSPS) is 10.7. The van der Waals surface area contributed by atoms with Crippen molar-refractivity contribution in [3.63, 3.8) is 0 Å². The van der Waals surface area contributed by atoms with Crippen LogP contribution < -0.4 is 10.1 Å². The van der Waals surface area contributed by atoms with Crippen molar-refractivity contribution in [1.29, 1.82) is 0 Å². The number of nitrogens with zero attached hydrogens (tertiary/aromatic N) is 3. The number of hydrogen-bond donors (Lipinski definition) is 1. The Labute approximate surface area is 127 Å². The zero-order valence-electron chi connectivity index (χ0n) is 12.6. The second kappa shape index (κ2) is 5.48.